The lowest BCUT2D eigenvalue weighted by Gasteiger charge is -2.34. The minimum Gasteiger partial charge on any atom is -0.337 e. The summed E-state index contributed by atoms with van der Waals surface area (Å²) in [6, 6.07) is 1.75. The predicted octanol–water partition coefficient (Wildman–Crippen LogP) is -1.51. The molecule has 2 amide bonds. The van der Waals surface area contributed by atoms with Crippen molar-refractivity contribution in [2.24, 2.45) is 0 Å². The molecule has 10 heteroatoms. The Kier molecular flexibility index (Phi) is 3.90. The second-order valence-electron chi connectivity index (χ2n) is 4.64. The molecular formula is C12H14N8O2. The van der Waals surface area contributed by atoms with E-state index in [4.69, 9.17) is 0 Å². The molecule has 0 radical (unpaired) electrons. The molecule has 0 spiro atoms. The molecular weight excluding hydrogens is 288 g/mol. The number of nitrogens with one attached hydrogen (secondary N) is 1. The number of carbonyl (C=O) groups is 2. The Balaban J connectivity index is 1.54. The van der Waals surface area contributed by atoms with E-state index in [0.29, 0.717) is 32.1 Å². The normalized spacial score (nSPS) is 14.7. The molecule has 1 aliphatic rings. The summed E-state index contributed by atoms with van der Waals surface area (Å²) in [5, 5.41) is 7.09. The molecule has 1 fully saturated rings. The third kappa shape index (κ3) is 3.00. The van der Waals surface area contributed by atoms with Crippen molar-refractivity contribution in [3.8, 4) is 0 Å². The van der Waals surface area contributed by atoms with Crippen LogP contribution in [0.4, 0.5) is 5.95 Å². The first kappa shape index (κ1) is 13.9. The smallest absolute Gasteiger partial charge is 0.328 e. The highest BCUT2D eigenvalue weighted by Gasteiger charge is 2.26. The van der Waals surface area contributed by atoms with E-state index in [1.807, 2.05) is 4.90 Å². The Hall–Kier alpha value is -3.04. The molecule has 0 aliphatic carbocycles. The van der Waals surface area contributed by atoms with Crippen LogP contribution < -0.4 is 10.3 Å². The van der Waals surface area contributed by atoms with Crippen molar-refractivity contribution >= 4 is 17.8 Å². The van der Waals surface area contributed by atoms with Gasteiger partial charge in [0.2, 0.25) is 5.95 Å². The summed E-state index contributed by atoms with van der Waals surface area (Å²) >= 11 is 0. The fourth-order valence-corrected chi connectivity index (χ4v) is 2.13. The Labute approximate surface area is 125 Å². The van der Waals surface area contributed by atoms with E-state index in [2.05, 4.69) is 25.6 Å². The number of carbonyl (C=O) groups excluding carboxylic acids is 2. The van der Waals surface area contributed by atoms with E-state index >= 15 is 0 Å². The van der Waals surface area contributed by atoms with Gasteiger partial charge in [-0.15, -0.1) is 10.2 Å². The maximum atomic E-state index is 12.1. The fourth-order valence-electron chi connectivity index (χ4n) is 2.13. The highest BCUT2D eigenvalue weighted by molar-refractivity contribution is 6.38. The number of piperazine rings is 1. The molecule has 0 aromatic carbocycles. The molecule has 2 aromatic rings. The Morgan fingerprint density at radius 2 is 1.64 bits per heavy atom. The summed E-state index contributed by atoms with van der Waals surface area (Å²) in [5.41, 5.74) is 2.39. The van der Waals surface area contributed by atoms with Crippen LogP contribution in [-0.4, -0.2) is 67.7 Å². The summed E-state index contributed by atoms with van der Waals surface area (Å²) in [4.78, 5) is 35.7. The van der Waals surface area contributed by atoms with Crippen molar-refractivity contribution in [2.45, 2.75) is 0 Å². The second kappa shape index (κ2) is 6.16. The van der Waals surface area contributed by atoms with Crippen LogP contribution in [0.1, 0.15) is 0 Å². The van der Waals surface area contributed by atoms with Gasteiger partial charge in [0, 0.05) is 38.6 Å². The third-order valence-electron chi connectivity index (χ3n) is 3.25. The first-order valence-corrected chi connectivity index (χ1v) is 6.71. The predicted molar refractivity (Wildman–Crippen MR) is 75.2 cm³/mol. The second-order valence-corrected chi connectivity index (χ2v) is 4.64. The average Bonchev–Trinajstić information content (AvgIpc) is 3.08. The van der Waals surface area contributed by atoms with Crippen LogP contribution in [0, 0.1) is 0 Å². The van der Waals surface area contributed by atoms with Gasteiger partial charge in [-0.05, 0) is 6.07 Å². The molecule has 22 heavy (non-hydrogen) atoms. The van der Waals surface area contributed by atoms with Gasteiger partial charge in [-0.25, -0.2) is 14.6 Å². The Bertz CT molecular complexity index is 636. The van der Waals surface area contributed by atoms with Crippen LogP contribution in [0.25, 0.3) is 0 Å². The molecule has 0 bridgehead atoms. The van der Waals surface area contributed by atoms with Crippen molar-refractivity contribution < 1.29 is 9.59 Å². The summed E-state index contributed by atoms with van der Waals surface area (Å²) in [6.07, 6.45) is 5.95. The van der Waals surface area contributed by atoms with Gasteiger partial charge in [0.15, 0.2) is 0 Å². The zero-order valence-electron chi connectivity index (χ0n) is 11.7. The molecule has 1 N–H and O–H groups in total. The summed E-state index contributed by atoms with van der Waals surface area (Å²) in [5.74, 6) is -0.671. The number of hydrogen-bond donors (Lipinski definition) is 1. The number of rotatable bonds is 2. The molecule has 0 unspecified atom stereocenters. The van der Waals surface area contributed by atoms with Crippen molar-refractivity contribution in [3.05, 3.63) is 31.1 Å². The van der Waals surface area contributed by atoms with Crippen LogP contribution in [0.15, 0.2) is 31.1 Å². The van der Waals surface area contributed by atoms with Crippen molar-refractivity contribution in [1.29, 1.82) is 0 Å². The first-order chi connectivity index (χ1) is 10.7. The van der Waals surface area contributed by atoms with Crippen LogP contribution in [0.2, 0.25) is 0 Å². The van der Waals surface area contributed by atoms with E-state index in [9.17, 15) is 9.59 Å². The topological polar surface area (TPSA) is 109 Å². The van der Waals surface area contributed by atoms with Crippen LogP contribution in [-0.2, 0) is 9.59 Å². The molecule has 1 aliphatic heterocycles. The van der Waals surface area contributed by atoms with E-state index in [0.717, 1.165) is 0 Å². The molecule has 3 heterocycles. The van der Waals surface area contributed by atoms with E-state index in [1.54, 1.807) is 18.5 Å². The molecule has 114 valence electrons. The number of aromatic nitrogens is 5. The average molecular weight is 302 g/mol. The Morgan fingerprint density at radius 3 is 2.27 bits per heavy atom. The minimum absolute atomic E-state index is 0.437. The summed E-state index contributed by atoms with van der Waals surface area (Å²) in [7, 11) is 0. The Morgan fingerprint density at radius 1 is 1.00 bits per heavy atom. The number of anilines is 1. The molecule has 10 nitrogen and oxygen atoms in total. The summed E-state index contributed by atoms with van der Waals surface area (Å²) in [6.45, 7) is 2.03. The third-order valence-corrected chi connectivity index (χ3v) is 3.25. The van der Waals surface area contributed by atoms with E-state index in [1.165, 1.54) is 22.2 Å². The zero-order chi connectivity index (χ0) is 15.4. The molecule has 2 aromatic heterocycles. The lowest BCUT2D eigenvalue weighted by atomic mass is 10.3. The largest absolute Gasteiger partial charge is 0.337 e. The van der Waals surface area contributed by atoms with Gasteiger partial charge in [0.05, 0.1) is 0 Å². The van der Waals surface area contributed by atoms with Crippen molar-refractivity contribution in [3.63, 3.8) is 0 Å². The number of hydrogen-bond acceptors (Lipinski definition) is 7. The van der Waals surface area contributed by atoms with Crippen molar-refractivity contribution in [2.75, 3.05) is 36.5 Å². The lowest BCUT2D eigenvalue weighted by molar-refractivity contribution is -0.143. The van der Waals surface area contributed by atoms with Gasteiger partial charge in [-0.2, -0.15) is 0 Å². The van der Waals surface area contributed by atoms with Crippen LogP contribution in [0.5, 0.6) is 0 Å². The zero-order valence-corrected chi connectivity index (χ0v) is 11.7. The highest BCUT2D eigenvalue weighted by atomic mass is 16.2. The lowest BCUT2D eigenvalue weighted by Crippen LogP contribution is -2.52. The SMILES string of the molecule is O=C(Nn1cnnc1)C(=O)N1CCN(c2ncccn2)CC1. The van der Waals surface area contributed by atoms with Gasteiger partial charge in [0.25, 0.3) is 0 Å². The van der Waals surface area contributed by atoms with Gasteiger partial charge in [-0.1, -0.05) is 0 Å². The fraction of sp³-hybridized carbons (Fsp3) is 0.333. The molecule has 0 atom stereocenters. The van der Waals surface area contributed by atoms with Gasteiger partial charge < -0.3 is 9.80 Å². The maximum absolute atomic E-state index is 12.1. The van der Waals surface area contributed by atoms with E-state index < -0.39 is 11.8 Å². The van der Waals surface area contributed by atoms with E-state index in [-0.39, 0.29) is 0 Å². The van der Waals surface area contributed by atoms with Gasteiger partial charge in [0.1, 0.15) is 12.7 Å². The molecule has 0 saturated carbocycles. The maximum Gasteiger partial charge on any atom is 0.328 e. The minimum atomic E-state index is -0.718. The highest BCUT2D eigenvalue weighted by Crippen LogP contribution is 2.09. The van der Waals surface area contributed by atoms with Crippen molar-refractivity contribution in [1.82, 2.24) is 29.7 Å². The van der Waals surface area contributed by atoms with Gasteiger partial charge >= 0.3 is 11.8 Å². The quantitative estimate of drug-likeness (QED) is 0.671. The van der Waals surface area contributed by atoms with Gasteiger partial charge in [-0.3, -0.25) is 15.0 Å². The molecule has 1 saturated heterocycles. The van der Waals surface area contributed by atoms with Crippen LogP contribution >= 0.6 is 0 Å². The number of amides is 2. The number of nitrogens with zero attached hydrogens (tertiary/aromatic N) is 7. The monoisotopic (exact) mass is 302 g/mol. The summed E-state index contributed by atoms with van der Waals surface area (Å²) < 4.78 is 1.23. The first-order valence-electron chi connectivity index (χ1n) is 6.71. The standard InChI is InChI=1S/C12H14N8O2/c21-10(17-20-8-15-16-9-20)11(22)18-4-6-19(7-5-18)12-13-2-1-3-14-12/h1-3,8-9H,4-7H2,(H,17,21). The molecule has 3 rings (SSSR count). The van der Waals surface area contributed by atoms with Crippen LogP contribution in [0.3, 0.4) is 0 Å².